The maximum Gasteiger partial charge on any atom is 0.200 e. The van der Waals surface area contributed by atoms with Crippen LogP contribution in [0.4, 0.5) is 39.5 Å². The first-order valence-electron chi connectivity index (χ1n) is 17.3. The van der Waals surface area contributed by atoms with Crippen molar-refractivity contribution in [2.45, 2.75) is 6.92 Å². The van der Waals surface area contributed by atoms with Gasteiger partial charge in [-0.15, -0.1) is 0 Å². The zero-order valence-corrected chi connectivity index (χ0v) is 29.4. The number of fused-ring (bicyclic) bond motifs is 8. The zero-order chi connectivity index (χ0) is 40.6. The van der Waals surface area contributed by atoms with E-state index in [1.54, 1.807) is 24.3 Å². The Morgan fingerprint density at radius 3 is 1.00 bits per heavy atom. The molecule has 2 N–H and O–H groups in total. The Morgan fingerprint density at radius 1 is 0.345 bits per heavy atom. The van der Waals surface area contributed by atoms with Crippen LogP contribution in [0.3, 0.4) is 0 Å². The molecule has 0 saturated carbocycles. The lowest BCUT2D eigenvalue weighted by molar-refractivity contribution is 0.381. The van der Waals surface area contributed by atoms with E-state index >= 15 is 26.3 Å². The quantitative estimate of drug-likeness (QED) is 0.106. The molecule has 7 heterocycles. The van der Waals surface area contributed by atoms with E-state index in [-0.39, 0.29) is 61.5 Å². The molecule has 58 heavy (non-hydrogen) atoms. The number of halogens is 9. The van der Waals surface area contributed by atoms with E-state index in [0.717, 1.165) is 6.92 Å². The second-order valence-corrected chi connectivity index (χ2v) is 13.2. The molecular weight excluding hydrogens is 771 g/mol. The molecule has 286 valence electrons. The first-order chi connectivity index (χ1) is 27.9. The van der Waals surface area contributed by atoms with Gasteiger partial charge in [0.05, 0.1) is 33.9 Å². The zero-order valence-electron chi connectivity index (χ0n) is 29.4. The number of benzene rings is 2. The summed E-state index contributed by atoms with van der Waals surface area (Å²) < 4.78 is 138. The summed E-state index contributed by atoms with van der Waals surface area (Å²) in [6, 6.07) is 12.1. The molecular formula is C43H21F9N6. The van der Waals surface area contributed by atoms with Crippen molar-refractivity contribution in [1.29, 1.82) is 0 Å². The predicted octanol–water partition coefficient (Wildman–Crippen LogP) is 11.7. The molecule has 2 aromatic carbocycles. The molecule has 0 unspecified atom stereocenters. The molecule has 2 aliphatic heterocycles. The third-order valence-corrected chi connectivity index (χ3v) is 9.88. The molecule has 0 amide bonds. The van der Waals surface area contributed by atoms with Crippen LogP contribution in [0.2, 0.25) is 0 Å². The molecule has 0 saturated heterocycles. The molecule has 0 spiro atoms. The van der Waals surface area contributed by atoms with Crippen molar-refractivity contribution in [3.8, 4) is 44.5 Å². The fourth-order valence-electron chi connectivity index (χ4n) is 7.16. The minimum absolute atomic E-state index is 0.0354. The van der Waals surface area contributed by atoms with Gasteiger partial charge in [-0.3, -0.25) is 9.97 Å². The normalized spacial score (nSPS) is 12.2. The molecule has 0 radical (unpaired) electrons. The highest BCUT2D eigenvalue weighted by Crippen LogP contribution is 2.42. The van der Waals surface area contributed by atoms with Crippen molar-refractivity contribution >= 4 is 46.4 Å². The Morgan fingerprint density at radius 2 is 0.638 bits per heavy atom. The molecule has 15 heteroatoms. The number of aromatic nitrogens is 6. The van der Waals surface area contributed by atoms with Crippen molar-refractivity contribution in [3.05, 3.63) is 154 Å². The highest BCUT2D eigenvalue weighted by molar-refractivity contribution is 6.00. The summed E-state index contributed by atoms with van der Waals surface area (Å²) in [6.07, 6.45) is 11.4. The van der Waals surface area contributed by atoms with E-state index in [1.165, 1.54) is 73.4 Å². The highest BCUT2D eigenvalue weighted by atomic mass is 19.2. The summed E-state index contributed by atoms with van der Waals surface area (Å²) in [7, 11) is 0. The summed E-state index contributed by atoms with van der Waals surface area (Å²) in [5.74, 6) is -17.4. The summed E-state index contributed by atoms with van der Waals surface area (Å²) in [6.45, 7) is 0.905. The molecule has 0 aliphatic carbocycles. The first kappa shape index (κ1) is 36.4. The molecule has 9 rings (SSSR count). The van der Waals surface area contributed by atoms with Crippen molar-refractivity contribution in [1.82, 2.24) is 29.9 Å². The number of aromatic amines is 2. The van der Waals surface area contributed by atoms with Gasteiger partial charge in [0.2, 0.25) is 5.82 Å². The number of nitrogens with one attached hydrogen (secondary N) is 2. The van der Waals surface area contributed by atoms with Gasteiger partial charge in [-0.05, 0) is 90.9 Å². The number of hydrogen-bond donors (Lipinski definition) is 2. The number of hydrogen-bond acceptors (Lipinski definition) is 4. The van der Waals surface area contributed by atoms with Gasteiger partial charge in [0.1, 0.15) is 0 Å². The lowest BCUT2D eigenvalue weighted by Crippen LogP contribution is -2.05. The van der Waals surface area contributed by atoms with Gasteiger partial charge in [0.25, 0.3) is 0 Å². The van der Waals surface area contributed by atoms with E-state index in [1.807, 2.05) is 0 Å². The van der Waals surface area contributed by atoms with Gasteiger partial charge in [0, 0.05) is 74.7 Å². The van der Waals surface area contributed by atoms with E-state index in [2.05, 4.69) is 24.9 Å². The van der Waals surface area contributed by atoms with Crippen LogP contribution in [0, 0.1) is 59.3 Å². The Kier molecular flexibility index (Phi) is 8.60. The third kappa shape index (κ3) is 5.60. The highest BCUT2D eigenvalue weighted by Gasteiger charge is 2.31. The lowest BCUT2D eigenvalue weighted by atomic mass is 9.99. The van der Waals surface area contributed by atoms with Crippen LogP contribution in [-0.4, -0.2) is 29.9 Å². The molecule has 0 fully saturated rings. The van der Waals surface area contributed by atoms with Gasteiger partial charge in [0.15, 0.2) is 46.5 Å². The summed E-state index contributed by atoms with van der Waals surface area (Å²) in [4.78, 5) is 23.6. The maximum absolute atomic E-state index is 16.0. The van der Waals surface area contributed by atoms with E-state index < -0.39 is 74.6 Å². The number of nitrogens with zero attached hydrogens (tertiary/aromatic N) is 4. The van der Waals surface area contributed by atoms with Crippen molar-refractivity contribution in [3.63, 3.8) is 0 Å². The largest absolute Gasteiger partial charge is 0.354 e. The Labute approximate surface area is 320 Å². The van der Waals surface area contributed by atoms with Crippen molar-refractivity contribution in [2.24, 2.45) is 0 Å². The molecule has 0 atom stereocenters. The Hall–Kier alpha value is -7.29. The van der Waals surface area contributed by atoms with Crippen LogP contribution in [0.5, 0.6) is 0 Å². The van der Waals surface area contributed by atoms with Crippen LogP contribution in [0.15, 0.2) is 73.3 Å². The molecule has 6 nitrogen and oxygen atoms in total. The monoisotopic (exact) mass is 792 g/mol. The number of rotatable bonds is 4. The summed E-state index contributed by atoms with van der Waals surface area (Å²) >= 11 is 0. The van der Waals surface area contributed by atoms with Gasteiger partial charge < -0.3 is 9.97 Å². The molecule has 7 aromatic rings. The predicted molar refractivity (Wildman–Crippen MR) is 201 cm³/mol. The standard InChI is InChI=1S/C43H21F9N6/c1-18-35(44)37(46)33(38(47)36(18)45)31-25-6-2-21(55-25)29(19-10-14-53-15-11-19)23-4-8-27(57-23)32(34-39(48)41(50)43(52)42(51)40(34)49)28-9-5-24(58-28)30(20-12-16-54-17-13-20)22-3-7-26(31)56-22/h2-17,55,58H,1H3. The van der Waals surface area contributed by atoms with E-state index in [4.69, 9.17) is 4.98 Å². The smallest absolute Gasteiger partial charge is 0.200 e. The van der Waals surface area contributed by atoms with Crippen LogP contribution in [-0.2, 0) is 0 Å². The molecule has 5 aromatic heterocycles. The fourth-order valence-corrected chi connectivity index (χ4v) is 7.16. The summed E-state index contributed by atoms with van der Waals surface area (Å²) in [5.41, 5.74) is -2.33. The maximum atomic E-state index is 16.0. The molecule has 2 aliphatic rings. The van der Waals surface area contributed by atoms with Gasteiger partial charge in [-0.25, -0.2) is 49.5 Å². The van der Waals surface area contributed by atoms with Crippen LogP contribution < -0.4 is 0 Å². The Bertz CT molecular complexity index is 2850. The first-order valence-corrected chi connectivity index (χ1v) is 17.3. The van der Waals surface area contributed by atoms with Crippen LogP contribution in [0.1, 0.15) is 28.3 Å². The number of H-pyrrole nitrogens is 2. The molecule has 8 bridgehead atoms. The second kappa shape index (κ2) is 13.7. The van der Waals surface area contributed by atoms with Crippen molar-refractivity contribution in [2.75, 3.05) is 0 Å². The SMILES string of the molecule is Cc1c(F)c(F)c(-c2c3nc(c(-c4ccncc4)c4ccc([nH]4)c(-c4c(F)c(F)c(F)c(F)c4F)c4nc(c(-c5ccncc5)c5ccc2[nH]5)C=C4)C=C3)c(F)c1F. The average Bonchev–Trinajstić information content (AvgIpc) is 4.09. The van der Waals surface area contributed by atoms with Gasteiger partial charge in [-0.2, -0.15) is 0 Å². The lowest BCUT2D eigenvalue weighted by Gasteiger charge is -2.11. The van der Waals surface area contributed by atoms with Crippen molar-refractivity contribution < 1.29 is 39.5 Å². The second-order valence-electron chi connectivity index (χ2n) is 13.2. The third-order valence-electron chi connectivity index (χ3n) is 9.88. The fraction of sp³-hybridized carbons (Fsp3) is 0.0233. The van der Waals surface area contributed by atoms with Crippen LogP contribution >= 0.6 is 0 Å². The Balaban J connectivity index is 1.53. The topological polar surface area (TPSA) is 83.1 Å². The van der Waals surface area contributed by atoms with Crippen LogP contribution in [0.25, 0.3) is 90.9 Å². The number of pyridine rings is 2. The van der Waals surface area contributed by atoms with E-state index in [0.29, 0.717) is 11.1 Å². The van der Waals surface area contributed by atoms with Gasteiger partial charge >= 0.3 is 0 Å². The average molecular weight is 793 g/mol. The minimum atomic E-state index is -2.34. The summed E-state index contributed by atoms with van der Waals surface area (Å²) in [5, 5.41) is 0. The van der Waals surface area contributed by atoms with E-state index in [9.17, 15) is 13.2 Å². The van der Waals surface area contributed by atoms with Gasteiger partial charge in [-0.1, -0.05) is 0 Å². The minimum Gasteiger partial charge on any atom is -0.354 e.